The summed E-state index contributed by atoms with van der Waals surface area (Å²) in [4.78, 5) is 40.1. The number of nitrogens with zero attached hydrogens (tertiary/aromatic N) is 2. The quantitative estimate of drug-likeness (QED) is 0.631. The molecule has 1 N–H and O–H groups in total. The lowest BCUT2D eigenvalue weighted by Gasteiger charge is -2.36. The predicted octanol–water partition coefficient (Wildman–Crippen LogP) is 1.99. The Morgan fingerprint density at radius 2 is 1.52 bits per heavy atom. The molecular formula is C20H20ClN3O3. The van der Waals surface area contributed by atoms with Gasteiger partial charge >= 0.3 is 0 Å². The van der Waals surface area contributed by atoms with E-state index in [9.17, 15) is 14.4 Å². The average molecular weight is 386 g/mol. The highest BCUT2D eigenvalue weighted by atomic mass is 35.5. The van der Waals surface area contributed by atoms with Crippen LogP contribution in [0.4, 0.5) is 5.69 Å². The summed E-state index contributed by atoms with van der Waals surface area (Å²) in [7, 11) is 0. The third-order valence-corrected chi connectivity index (χ3v) is 4.79. The minimum Gasteiger partial charge on any atom is -0.367 e. The molecule has 1 saturated heterocycles. The van der Waals surface area contributed by atoms with E-state index >= 15 is 0 Å². The van der Waals surface area contributed by atoms with Gasteiger partial charge in [0.2, 0.25) is 11.7 Å². The Morgan fingerprint density at radius 1 is 0.889 bits per heavy atom. The van der Waals surface area contributed by atoms with Crippen LogP contribution in [0, 0.1) is 0 Å². The van der Waals surface area contributed by atoms with Crippen molar-refractivity contribution in [2.24, 2.45) is 0 Å². The molecular weight excluding hydrogens is 366 g/mol. The lowest BCUT2D eigenvalue weighted by Crippen LogP contribution is -2.51. The molecule has 0 atom stereocenters. The van der Waals surface area contributed by atoms with Gasteiger partial charge in [-0.2, -0.15) is 0 Å². The summed E-state index contributed by atoms with van der Waals surface area (Å²) in [5.41, 5.74) is 1.25. The number of carbonyl (C=O) groups excluding carboxylic acids is 3. The maximum absolute atomic E-state index is 12.3. The number of benzene rings is 2. The lowest BCUT2D eigenvalue weighted by atomic mass is 10.1. The van der Waals surface area contributed by atoms with Crippen molar-refractivity contribution in [3.05, 3.63) is 65.2 Å². The van der Waals surface area contributed by atoms with Gasteiger partial charge in [0, 0.05) is 31.7 Å². The van der Waals surface area contributed by atoms with Gasteiger partial charge in [-0.1, -0.05) is 54.1 Å². The van der Waals surface area contributed by atoms with Crippen LogP contribution in [-0.2, 0) is 9.59 Å². The summed E-state index contributed by atoms with van der Waals surface area (Å²) in [6.07, 6.45) is 0. The van der Waals surface area contributed by atoms with Gasteiger partial charge in [0.1, 0.15) is 0 Å². The number of para-hydroxylation sites is 1. The Kier molecular flexibility index (Phi) is 6.08. The topological polar surface area (TPSA) is 69.7 Å². The van der Waals surface area contributed by atoms with Crippen LogP contribution < -0.4 is 10.2 Å². The number of ketones is 1. The highest BCUT2D eigenvalue weighted by molar-refractivity contribution is 6.43. The van der Waals surface area contributed by atoms with E-state index < -0.39 is 11.7 Å². The third kappa shape index (κ3) is 4.65. The average Bonchev–Trinajstić information content (AvgIpc) is 2.72. The van der Waals surface area contributed by atoms with Gasteiger partial charge in [-0.05, 0) is 12.1 Å². The molecule has 1 aliphatic heterocycles. The molecule has 0 radical (unpaired) electrons. The number of hydrogen-bond acceptors (Lipinski definition) is 4. The van der Waals surface area contributed by atoms with Crippen molar-refractivity contribution >= 4 is 34.9 Å². The molecule has 1 fully saturated rings. The van der Waals surface area contributed by atoms with Crippen LogP contribution in [0.2, 0.25) is 5.02 Å². The Bertz CT molecular complexity index is 833. The van der Waals surface area contributed by atoms with Crippen molar-refractivity contribution in [2.75, 3.05) is 37.6 Å². The van der Waals surface area contributed by atoms with Crippen LogP contribution >= 0.6 is 11.6 Å². The minimum absolute atomic E-state index is 0.191. The highest BCUT2D eigenvalue weighted by Gasteiger charge is 2.23. The number of anilines is 1. The number of Topliss-reactive ketones (excluding diaryl/α,β-unsaturated/α-hetero) is 1. The molecule has 0 aliphatic carbocycles. The number of halogens is 1. The molecule has 1 heterocycles. The van der Waals surface area contributed by atoms with Crippen molar-refractivity contribution in [3.8, 4) is 0 Å². The molecule has 0 bridgehead atoms. The fourth-order valence-electron chi connectivity index (χ4n) is 2.97. The largest absolute Gasteiger partial charge is 0.367 e. The SMILES string of the molecule is O=C(NCC(=O)N1CCN(c2ccccc2Cl)CC1)C(=O)c1ccccc1. The molecule has 3 rings (SSSR count). The number of amides is 2. The van der Waals surface area contributed by atoms with E-state index in [0.29, 0.717) is 36.8 Å². The van der Waals surface area contributed by atoms with E-state index in [1.807, 2.05) is 24.3 Å². The Balaban J connectivity index is 1.48. The fraction of sp³-hybridized carbons (Fsp3) is 0.250. The van der Waals surface area contributed by atoms with Crippen LogP contribution in [0.15, 0.2) is 54.6 Å². The highest BCUT2D eigenvalue weighted by Crippen LogP contribution is 2.25. The fourth-order valence-corrected chi connectivity index (χ4v) is 3.23. The number of rotatable bonds is 5. The van der Waals surface area contributed by atoms with E-state index in [4.69, 9.17) is 11.6 Å². The normalized spacial score (nSPS) is 14.0. The van der Waals surface area contributed by atoms with Crippen molar-refractivity contribution in [1.82, 2.24) is 10.2 Å². The third-order valence-electron chi connectivity index (χ3n) is 4.47. The van der Waals surface area contributed by atoms with Crippen LogP contribution in [0.3, 0.4) is 0 Å². The van der Waals surface area contributed by atoms with E-state index in [1.165, 1.54) is 0 Å². The summed E-state index contributed by atoms with van der Waals surface area (Å²) in [5, 5.41) is 3.10. The summed E-state index contributed by atoms with van der Waals surface area (Å²) < 4.78 is 0. The summed E-state index contributed by atoms with van der Waals surface area (Å²) in [6.45, 7) is 2.20. The number of piperazine rings is 1. The first-order valence-corrected chi connectivity index (χ1v) is 9.09. The van der Waals surface area contributed by atoms with E-state index in [1.54, 1.807) is 35.2 Å². The summed E-state index contributed by atoms with van der Waals surface area (Å²) in [5.74, 6) is -1.63. The smallest absolute Gasteiger partial charge is 0.292 e. The number of carbonyl (C=O) groups is 3. The molecule has 0 unspecified atom stereocenters. The monoisotopic (exact) mass is 385 g/mol. The molecule has 7 heteroatoms. The molecule has 2 amide bonds. The molecule has 0 spiro atoms. The molecule has 6 nitrogen and oxygen atoms in total. The Hall–Kier alpha value is -2.86. The van der Waals surface area contributed by atoms with Crippen molar-refractivity contribution in [2.45, 2.75) is 0 Å². The molecule has 2 aromatic carbocycles. The van der Waals surface area contributed by atoms with E-state index in [-0.39, 0.29) is 12.5 Å². The molecule has 0 saturated carbocycles. The molecule has 1 aliphatic rings. The zero-order valence-corrected chi connectivity index (χ0v) is 15.5. The molecule has 0 aromatic heterocycles. The van der Waals surface area contributed by atoms with Crippen LogP contribution in [0.5, 0.6) is 0 Å². The first-order valence-electron chi connectivity index (χ1n) is 8.71. The molecule has 140 valence electrons. The van der Waals surface area contributed by atoms with Gasteiger partial charge < -0.3 is 15.1 Å². The van der Waals surface area contributed by atoms with Crippen molar-refractivity contribution < 1.29 is 14.4 Å². The van der Waals surface area contributed by atoms with E-state index in [0.717, 1.165) is 5.69 Å². The second-order valence-corrected chi connectivity index (χ2v) is 6.60. The van der Waals surface area contributed by atoms with Gasteiger partial charge in [0.25, 0.3) is 5.91 Å². The van der Waals surface area contributed by atoms with Gasteiger partial charge in [-0.3, -0.25) is 14.4 Å². The van der Waals surface area contributed by atoms with E-state index in [2.05, 4.69) is 10.2 Å². The number of hydrogen-bond donors (Lipinski definition) is 1. The molecule has 27 heavy (non-hydrogen) atoms. The summed E-state index contributed by atoms with van der Waals surface area (Å²) in [6, 6.07) is 15.9. The summed E-state index contributed by atoms with van der Waals surface area (Å²) >= 11 is 6.22. The molecule has 2 aromatic rings. The van der Waals surface area contributed by atoms with Gasteiger partial charge in [0.05, 0.1) is 17.3 Å². The van der Waals surface area contributed by atoms with Crippen molar-refractivity contribution in [3.63, 3.8) is 0 Å². The lowest BCUT2D eigenvalue weighted by molar-refractivity contribution is -0.132. The van der Waals surface area contributed by atoms with Gasteiger partial charge in [-0.15, -0.1) is 0 Å². The minimum atomic E-state index is -0.774. The Labute approximate surface area is 162 Å². The van der Waals surface area contributed by atoms with Crippen LogP contribution in [-0.4, -0.2) is 55.2 Å². The first kappa shape index (κ1) is 18.9. The maximum atomic E-state index is 12.3. The second kappa shape index (κ2) is 8.68. The Morgan fingerprint density at radius 3 is 2.19 bits per heavy atom. The van der Waals surface area contributed by atoms with Crippen LogP contribution in [0.1, 0.15) is 10.4 Å². The number of nitrogens with one attached hydrogen (secondary N) is 1. The van der Waals surface area contributed by atoms with Gasteiger partial charge in [0.15, 0.2) is 0 Å². The zero-order chi connectivity index (χ0) is 19.2. The zero-order valence-electron chi connectivity index (χ0n) is 14.7. The standard InChI is InChI=1S/C20H20ClN3O3/c21-16-8-4-5-9-17(16)23-10-12-24(13-11-23)18(25)14-22-20(27)19(26)15-6-2-1-3-7-15/h1-9H,10-14H2,(H,22,27). The van der Waals surface area contributed by atoms with Crippen LogP contribution in [0.25, 0.3) is 0 Å². The first-order chi connectivity index (χ1) is 13.1. The second-order valence-electron chi connectivity index (χ2n) is 6.20. The van der Waals surface area contributed by atoms with Gasteiger partial charge in [-0.25, -0.2) is 0 Å². The maximum Gasteiger partial charge on any atom is 0.292 e. The predicted molar refractivity (Wildman–Crippen MR) is 104 cm³/mol. The van der Waals surface area contributed by atoms with Crippen molar-refractivity contribution in [1.29, 1.82) is 0 Å².